The summed E-state index contributed by atoms with van der Waals surface area (Å²) < 4.78 is 6.15. The fourth-order valence-electron chi connectivity index (χ4n) is 1.78. The van der Waals surface area contributed by atoms with Crippen LogP contribution in [0.4, 0.5) is 4.79 Å². The molecule has 5 nitrogen and oxygen atoms in total. The maximum absolute atomic E-state index is 12.2. The van der Waals surface area contributed by atoms with Gasteiger partial charge in [0, 0.05) is 28.2 Å². The standard InChI is InChI=1S/C16H22ClIN2O3/c1-5-20(15(22)23-16(2,3)4)9-8-19-14(21)12-10-11(17)6-7-13(12)18/h6-7,10H,5,8-9H2,1-4H3,(H,19,21). The number of amides is 2. The lowest BCUT2D eigenvalue weighted by Gasteiger charge is -2.26. The molecule has 0 aliphatic carbocycles. The predicted molar refractivity (Wildman–Crippen MR) is 100.0 cm³/mol. The molecule has 2 amide bonds. The Balaban J connectivity index is 2.55. The molecule has 0 aliphatic heterocycles. The second kappa shape index (κ2) is 8.73. The molecule has 0 heterocycles. The summed E-state index contributed by atoms with van der Waals surface area (Å²) >= 11 is 8.00. The molecule has 128 valence electrons. The SMILES string of the molecule is CCN(CCNC(=O)c1cc(Cl)ccc1I)C(=O)OC(C)(C)C. The summed E-state index contributed by atoms with van der Waals surface area (Å²) in [6, 6.07) is 5.16. The molecule has 0 spiro atoms. The second-order valence-corrected chi connectivity index (χ2v) is 7.54. The quantitative estimate of drug-likeness (QED) is 0.689. The zero-order valence-electron chi connectivity index (χ0n) is 13.8. The summed E-state index contributed by atoms with van der Waals surface area (Å²) in [7, 11) is 0. The molecular weight excluding hydrogens is 431 g/mol. The third-order valence-electron chi connectivity index (χ3n) is 2.87. The van der Waals surface area contributed by atoms with Crippen molar-refractivity contribution in [3.05, 3.63) is 32.4 Å². The highest BCUT2D eigenvalue weighted by Gasteiger charge is 2.21. The Morgan fingerprint density at radius 3 is 2.57 bits per heavy atom. The fourth-order valence-corrected chi connectivity index (χ4v) is 2.53. The fraction of sp³-hybridized carbons (Fsp3) is 0.500. The van der Waals surface area contributed by atoms with Gasteiger partial charge in [-0.2, -0.15) is 0 Å². The van der Waals surface area contributed by atoms with Gasteiger partial charge in [0.1, 0.15) is 5.60 Å². The Bertz CT molecular complexity index is 573. The van der Waals surface area contributed by atoms with E-state index in [1.807, 2.05) is 27.7 Å². The first-order valence-electron chi connectivity index (χ1n) is 7.35. The first-order chi connectivity index (χ1) is 10.6. The number of nitrogens with zero attached hydrogens (tertiary/aromatic N) is 1. The van der Waals surface area contributed by atoms with Crippen LogP contribution < -0.4 is 5.32 Å². The van der Waals surface area contributed by atoms with Crippen LogP contribution in [-0.2, 0) is 4.74 Å². The van der Waals surface area contributed by atoms with Gasteiger partial charge < -0.3 is 15.0 Å². The van der Waals surface area contributed by atoms with Crippen LogP contribution in [0.1, 0.15) is 38.1 Å². The summed E-state index contributed by atoms with van der Waals surface area (Å²) in [6.45, 7) is 8.57. The number of nitrogens with one attached hydrogen (secondary N) is 1. The van der Waals surface area contributed by atoms with Crippen molar-refractivity contribution in [1.82, 2.24) is 10.2 Å². The third kappa shape index (κ3) is 6.95. The Hall–Kier alpha value is -1.02. The van der Waals surface area contributed by atoms with Gasteiger partial charge in [-0.05, 0) is 68.5 Å². The number of benzene rings is 1. The molecule has 23 heavy (non-hydrogen) atoms. The van der Waals surface area contributed by atoms with E-state index in [-0.39, 0.29) is 12.0 Å². The number of hydrogen-bond acceptors (Lipinski definition) is 3. The molecular formula is C16H22ClIN2O3. The number of ether oxygens (including phenoxy) is 1. The Labute approximate surface area is 155 Å². The van der Waals surface area contributed by atoms with E-state index in [0.29, 0.717) is 30.2 Å². The van der Waals surface area contributed by atoms with E-state index in [1.165, 1.54) is 0 Å². The van der Waals surface area contributed by atoms with Gasteiger partial charge in [0.05, 0.1) is 5.56 Å². The van der Waals surface area contributed by atoms with Crippen LogP contribution in [0.15, 0.2) is 18.2 Å². The molecule has 0 aliphatic rings. The van der Waals surface area contributed by atoms with E-state index in [4.69, 9.17) is 16.3 Å². The molecule has 0 atom stereocenters. The molecule has 0 bridgehead atoms. The number of hydrogen-bond donors (Lipinski definition) is 1. The topological polar surface area (TPSA) is 58.6 Å². The Morgan fingerprint density at radius 2 is 2.00 bits per heavy atom. The molecule has 0 saturated heterocycles. The van der Waals surface area contributed by atoms with Crippen LogP contribution in [0.5, 0.6) is 0 Å². The number of carbonyl (C=O) groups is 2. The van der Waals surface area contributed by atoms with Crippen molar-refractivity contribution in [2.75, 3.05) is 19.6 Å². The smallest absolute Gasteiger partial charge is 0.410 e. The van der Waals surface area contributed by atoms with Gasteiger partial charge in [0.15, 0.2) is 0 Å². The van der Waals surface area contributed by atoms with E-state index in [1.54, 1.807) is 23.1 Å². The maximum Gasteiger partial charge on any atom is 0.410 e. The van der Waals surface area contributed by atoms with Crippen LogP contribution in [-0.4, -0.2) is 42.1 Å². The molecule has 1 N–H and O–H groups in total. The van der Waals surface area contributed by atoms with Gasteiger partial charge in [0.2, 0.25) is 0 Å². The highest BCUT2D eigenvalue weighted by molar-refractivity contribution is 14.1. The number of halogens is 2. The van der Waals surface area contributed by atoms with Crippen molar-refractivity contribution in [3.8, 4) is 0 Å². The molecule has 0 unspecified atom stereocenters. The minimum atomic E-state index is -0.537. The molecule has 1 rings (SSSR count). The van der Waals surface area contributed by atoms with Gasteiger partial charge in [-0.1, -0.05) is 11.6 Å². The van der Waals surface area contributed by atoms with Gasteiger partial charge in [-0.3, -0.25) is 4.79 Å². The zero-order chi connectivity index (χ0) is 17.6. The van der Waals surface area contributed by atoms with Gasteiger partial charge >= 0.3 is 6.09 Å². The monoisotopic (exact) mass is 452 g/mol. The van der Waals surface area contributed by atoms with Gasteiger partial charge in [0.25, 0.3) is 5.91 Å². The minimum Gasteiger partial charge on any atom is -0.444 e. The van der Waals surface area contributed by atoms with Gasteiger partial charge in [-0.15, -0.1) is 0 Å². The molecule has 1 aromatic rings. The predicted octanol–water partition coefficient (Wildman–Crippen LogP) is 3.93. The Morgan fingerprint density at radius 1 is 1.35 bits per heavy atom. The zero-order valence-corrected chi connectivity index (χ0v) is 16.7. The van der Waals surface area contributed by atoms with Crippen molar-refractivity contribution in [3.63, 3.8) is 0 Å². The second-order valence-electron chi connectivity index (χ2n) is 5.94. The van der Waals surface area contributed by atoms with Crippen LogP contribution in [0.2, 0.25) is 5.02 Å². The summed E-state index contributed by atoms with van der Waals surface area (Å²) in [6.07, 6.45) is -0.383. The van der Waals surface area contributed by atoms with E-state index < -0.39 is 5.60 Å². The Kier molecular flexibility index (Phi) is 7.60. The molecule has 7 heteroatoms. The van der Waals surface area contributed by atoms with E-state index in [9.17, 15) is 9.59 Å². The largest absolute Gasteiger partial charge is 0.444 e. The van der Waals surface area contributed by atoms with E-state index in [2.05, 4.69) is 27.9 Å². The number of rotatable bonds is 5. The molecule has 0 saturated carbocycles. The molecule has 0 radical (unpaired) electrons. The summed E-state index contributed by atoms with van der Waals surface area (Å²) in [5.41, 5.74) is -0.0107. The molecule has 0 aromatic heterocycles. The van der Waals surface area contributed by atoms with Gasteiger partial charge in [-0.25, -0.2) is 4.79 Å². The highest BCUT2D eigenvalue weighted by Crippen LogP contribution is 2.17. The lowest BCUT2D eigenvalue weighted by atomic mass is 10.2. The first-order valence-corrected chi connectivity index (χ1v) is 8.81. The van der Waals surface area contributed by atoms with E-state index >= 15 is 0 Å². The van der Waals surface area contributed by atoms with Crippen LogP contribution in [0.25, 0.3) is 0 Å². The normalized spacial score (nSPS) is 11.0. The molecule has 1 aromatic carbocycles. The summed E-state index contributed by atoms with van der Waals surface area (Å²) in [5, 5.41) is 3.31. The first kappa shape index (κ1) is 20.0. The van der Waals surface area contributed by atoms with Crippen LogP contribution in [0, 0.1) is 3.57 Å². The summed E-state index contributed by atoms with van der Waals surface area (Å²) in [5.74, 6) is -0.211. The lowest BCUT2D eigenvalue weighted by molar-refractivity contribution is 0.0261. The van der Waals surface area contributed by atoms with Crippen molar-refractivity contribution in [2.24, 2.45) is 0 Å². The highest BCUT2D eigenvalue weighted by atomic mass is 127. The van der Waals surface area contributed by atoms with Crippen LogP contribution >= 0.6 is 34.2 Å². The average Bonchev–Trinajstić information content (AvgIpc) is 2.44. The minimum absolute atomic E-state index is 0.211. The van der Waals surface area contributed by atoms with E-state index in [0.717, 1.165) is 3.57 Å². The van der Waals surface area contributed by atoms with Crippen molar-refractivity contribution >= 4 is 46.2 Å². The lowest BCUT2D eigenvalue weighted by Crippen LogP contribution is -2.41. The maximum atomic E-state index is 12.2. The summed E-state index contributed by atoms with van der Waals surface area (Å²) in [4.78, 5) is 25.7. The van der Waals surface area contributed by atoms with Crippen LogP contribution in [0.3, 0.4) is 0 Å². The third-order valence-corrected chi connectivity index (χ3v) is 4.05. The number of likely N-dealkylation sites (N-methyl/N-ethyl adjacent to an activating group) is 1. The average molecular weight is 453 g/mol. The van der Waals surface area contributed by atoms with Crippen molar-refractivity contribution < 1.29 is 14.3 Å². The number of carbonyl (C=O) groups excluding carboxylic acids is 2. The van der Waals surface area contributed by atoms with Crippen molar-refractivity contribution in [2.45, 2.75) is 33.3 Å². The molecule has 0 fully saturated rings. The van der Waals surface area contributed by atoms with Crippen molar-refractivity contribution in [1.29, 1.82) is 0 Å².